The monoisotopic (exact) mass is 468 g/mol. The number of nitriles is 1. The van der Waals surface area contributed by atoms with Crippen molar-refractivity contribution in [3.63, 3.8) is 0 Å². The molecule has 0 radical (unpaired) electrons. The highest BCUT2D eigenvalue weighted by Crippen LogP contribution is 2.23. The number of nitrogens with one attached hydrogen (secondary N) is 4. The Morgan fingerprint density at radius 3 is 2.65 bits per heavy atom. The van der Waals surface area contributed by atoms with Gasteiger partial charge in [-0.3, -0.25) is 10.3 Å². The van der Waals surface area contributed by atoms with E-state index in [1.165, 1.54) is 18.2 Å². The molecule has 0 amide bonds. The highest BCUT2D eigenvalue weighted by molar-refractivity contribution is 6.42. The molecule has 2 rings (SSSR count). The first-order valence-corrected chi connectivity index (χ1v) is 9.88. The van der Waals surface area contributed by atoms with E-state index in [0.29, 0.717) is 27.8 Å². The molecule has 7 nitrogen and oxygen atoms in total. The molecule has 0 saturated carbocycles. The third-order valence-corrected chi connectivity index (χ3v) is 4.70. The Balaban J connectivity index is 2.18. The van der Waals surface area contributed by atoms with E-state index in [-0.39, 0.29) is 24.0 Å². The maximum absolute atomic E-state index is 12.4. The Labute approximate surface area is 188 Å². The number of halogens is 4. The Hall–Kier alpha value is -2.93. The maximum Gasteiger partial charge on any atom is 0.387 e. The van der Waals surface area contributed by atoms with Crippen LogP contribution >= 0.6 is 23.2 Å². The lowest BCUT2D eigenvalue weighted by Crippen LogP contribution is -2.40. The van der Waals surface area contributed by atoms with Gasteiger partial charge in [-0.1, -0.05) is 42.3 Å². The van der Waals surface area contributed by atoms with Gasteiger partial charge in [0.05, 0.1) is 28.3 Å². The Morgan fingerprint density at radius 2 is 2.00 bits per heavy atom. The Bertz CT molecular complexity index is 980. The average molecular weight is 469 g/mol. The second kappa shape index (κ2) is 12.1. The fourth-order valence-corrected chi connectivity index (χ4v) is 2.90. The minimum absolute atomic E-state index is 0.0387. The van der Waals surface area contributed by atoms with Crippen LogP contribution in [0.1, 0.15) is 12.5 Å². The standard InChI is InChI=1S/C20H20Cl2F2N6O/c1-2-27-17(18(26)12-6-7-15(21)16(22)8-12)10-28-20(29-11-25)30-13-4-3-5-14(9-13)31-19(23)24/h3-9,17,19,26-27H,2,10H2,1H3,(H2,28,29,30). The molecule has 2 aromatic rings. The molecule has 0 bridgehead atoms. The van der Waals surface area contributed by atoms with Crippen LogP contribution in [0.5, 0.6) is 5.75 Å². The fourth-order valence-electron chi connectivity index (χ4n) is 2.60. The summed E-state index contributed by atoms with van der Waals surface area (Å²) in [6, 6.07) is 10.3. The van der Waals surface area contributed by atoms with Crippen LogP contribution in [-0.2, 0) is 0 Å². The summed E-state index contributed by atoms with van der Waals surface area (Å²) in [6.45, 7) is -0.378. The van der Waals surface area contributed by atoms with Gasteiger partial charge in [-0.2, -0.15) is 14.0 Å². The quantitative estimate of drug-likeness (QED) is 0.188. The predicted molar refractivity (Wildman–Crippen MR) is 119 cm³/mol. The first-order valence-electron chi connectivity index (χ1n) is 9.12. The molecular formula is C20H20Cl2F2N6O. The van der Waals surface area contributed by atoms with E-state index in [1.807, 2.05) is 6.92 Å². The second-order valence-corrected chi connectivity index (χ2v) is 6.92. The Morgan fingerprint density at radius 1 is 1.23 bits per heavy atom. The van der Waals surface area contributed by atoms with Crippen molar-refractivity contribution < 1.29 is 13.5 Å². The largest absolute Gasteiger partial charge is 0.435 e. The summed E-state index contributed by atoms with van der Waals surface area (Å²) in [5, 5.41) is 26.6. The zero-order chi connectivity index (χ0) is 22.8. The fraction of sp³-hybridized carbons (Fsp3) is 0.250. The van der Waals surface area contributed by atoms with Gasteiger partial charge in [0.15, 0.2) is 6.19 Å². The smallest absolute Gasteiger partial charge is 0.387 e. The number of benzene rings is 2. The number of hydrogen-bond donors (Lipinski definition) is 4. The minimum Gasteiger partial charge on any atom is -0.435 e. The number of aliphatic imine (C=N–C) groups is 1. The van der Waals surface area contributed by atoms with Gasteiger partial charge in [0.2, 0.25) is 5.96 Å². The topological polar surface area (TPSA) is 105 Å². The van der Waals surface area contributed by atoms with Crippen LogP contribution in [0.2, 0.25) is 10.0 Å². The first kappa shape index (κ1) is 24.3. The molecular weight excluding hydrogens is 449 g/mol. The summed E-state index contributed by atoms with van der Waals surface area (Å²) < 4.78 is 29.2. The molecule has 0 aliphatic heterocycles. The number of rotatable bonds is 9. The first-order chi connectivity index (χ1) is 14.8. The second-order valence-electron chi connectivity index (χ2n) is 6.11. The van der Waals surface area contributed by atoms with Crippen molar-refractivity contribution in [1.29, 1.82) is 10.7 Å². The molecule has 4 N–H and O–H groups in total. The molecule has 0 fully saturated rings. The molecule has 0 aliphatic carbocycles. The lowest BCUT2D eigenvalue weighted by Gasteiger charge is -2.18. The van der Waals surface area contributed by atoms with Crippen LogP contribution < -0.4 is 20.7 Å². The summed E-state index contributed by atoms with van der Waals surface area (Å²) in [5.41, 5.74) is 1.21. The number of nitrogens with zero attached hydrogens (tertiary/aromatic N) is 2. The zero-order valence-corrected chi connectivity index (χ0v) is 17.9. The average Bonchev–Trinajstić information content (AvgIpc) is 2.72. The third kappa shape index (κ3) is 7.68. The number of guanidine groups is 1. The number of hydrogen-bond acceptors (Lipinski definition) is 5. The summed E-state index contributed by atoms with van der Waals surface area (Å²) >= 11 is 12.0. The zero-order valence-electron chi connectivity index (χ0n) is 16.4. The van der Waals surface area contributed by atoms with Crippen LogP contribution in [0.25, 0.3) is 0 Å². The van der Waals surface area contributed by atoms with Crippen LogP contribution in [0.4, 0.5) is 14.5 Å². The summed E-state index contributed by atoms with van der Waals surface area (Å²) in [7, 11) is 0. The normalized spacial score (nSPS) is 12.2. The predicted octanol–water partition coefficient (Wildman–Crippen LogP) is 4.48. The number of alkyl halides is 2. The van der Waals surface area contributed by atoms with E-state index in [2.05, 4.69) is 25.7 Å². The van der Waals surface area contributed by atoms with Crippen molar-refractivity contribution in [3.05, 3.63) is 58.1 Å². The maximum atomic E-state index is 12.4. The van der Waals surface area contributed by atoms with Crippen molar-refractivity contribution in [2.24, 2.45) is 4.99 Å². The molecule has 2 aromatic carbocycles. The van der Waals surface area contributed by atoms with Gasteiger partial charge in [0, 0.05) is 11.8 Å². The summed E-state index contributed by atoms with van der Waals surface area (Å²) in [5.74, 6) is 0.0461. The summed E-state index contributed by atoms with van der Waals surface area (Å²) in [6.07, 6.45) is 1.76. The molecule has 0 heterocycles. The lowest BCUT2D eigenvalue weighted by molar-refractivity contribution is -0.0497. The van der Waals surface area contributed by atoms with Gasteiger partial charge in [-0.05, 0) is 36.4 Å². The van der Waals surface area contributed by atoms with Gasteiger partial charge in [0.1, 0.15) is 5.75 Å². The number of likely N-dealkylation sites (N-methyl/N-ethyl adjacent to an activating group) is 1. The van der Waals surface area contributed by atoms with E-state index >= 15 is 0 Å². The Kier molecular flexibility index (Phi) is 9.46. The SMILES string of the molecule is CCNC(CN=C(NC#N)Nc1cccc(OC(F)F)c1)C(=N)c1ccc(Cl)c(Cl)c1. The van der Waals surface area contributed by atoms with E-state index < -0.39 is 12.7 Å². The van der Waals surface area contributed by atoms with Gasteiger partial charge in [-0.15, -0.1) is 0 Å². The van der Waals surface area contributed by atoms with Crippen molar-refractivity contribution in [3.8, 4) is 11.9 Å². The molecule has 0 aromatic heterocycles. The molecule has 11 heteroatoms. The van der Waals surface area contributed by atoms with Crippen LogP contribution in [0.3, 0.4) is 0 Å². The van der Waals surface area contributed by atoms with Crippen molar-refractivity contribution in [2.45, 2.75) is 19.6 Å². The number of anilines is 1. The van der Waals surface area contributed by atoms with Gasteiger partial charge in [-0.25, -0.2) is 0 Å². The third-order valence-electron chi connectivity index (χ3n) is 3.96. The molecule has 1 unspecified atom stereocenters. The summed E-state index contributed by atoms with van der Waals surface area (Å²) in [4.78, 5) is 4.33. The van der Waals surface area contributed by atoms with Crippen molar-refractivity contribution in [1.82, 2.24) is 10.6 Å². The van der Waals surface area contributed by atoms with Gasteiger partial charge >= 0.3 is 6.61 Å². The highest BCUT2D eigenvalue weighted by atomic mass is 35.5. The van der Waals surface area contributed by atoms with E-state index in [9.17, 15) is 8.78 Å². The number of ether oxygens (including phenoxy) is 1. The molecule has 1 atom stereocenters. The molecule has 0 saturated heterocycles. The van der Waals surface area contributed by atoms with Crippen LogP contribution in [0.15, 0.2) is 47.5 Å². The highest BCUT2D eigenvalue weighted by Gasteiger charge is 2.17. The molecule has 0 spiro atoms. The minimum atomic E-state index is -2.95. The lowest BCUT2D eigenvalue weighted by atomic mass is 10.0. The molecule has 31 heavy (non-hydrogen) atoms. The van der Waals surface area contributed by atoms with Crippen LogP contribution in [-0.4, -0.2) is 37.4 Å². The van der Waals surface area contributed by atoms with Crippen molar-refractivity contribution >= 4 is 40.6 Å². The van der Waals surface area contributed by atoms with Gasteiger partial charge in [0.25, 0.3) is 0 Å². The van der Waals surface area contributed by atoms with E-state index in [1.54, 1.807) is 30.5 Å². The van der Waals surface area contributed by atoms with E-state index in [0.717, 1.165) is 0 Å². The molecule has 164 valence electrons. The van der Waals surface area contributed by atoms with Crippen molar-refractivity contribution in [2.75, 3.05) is 18.4 Å². The molecule has 0 aliphatic rings. The van der Waals surface area contributed by atoms with Gasteiger partial charge < -0.3 is 20.8 Å². The van der Waals surface area contributed by atoms with Crippen LogP contribution in [0, 0.1) is 16.9 Å². The van der Waals surface area contributed by atoms with E-state index in [4.69, 9.17) is 33.9 Å².